The van der Waals surface area contributed by atoms with E-state index in [2.05, 4.69) is 4.98 Å². The molecule has 0 aliphatic carbocycles. The lowest BCUT2D eigenvalue weighted by atomic mass is 9.82. The first kappa shape index (κ1) is 13.1. The summed E-state index contributed by atoms with van der Waals surface area (Å²) in [7, 11) is 0. The Bertz CT molecular complexity index is 466. The van der Waals surface area contributed by atoms with Crippen LogP contribution >= 0.6 is 11.3 Å². The highest BCUT2D eigenvalue weighted by Crippen LogP contribution is 2.38. The number of carbonyl (C=O) groups excluding carboxylic acids is 1. The van der Waals surface area contributed by atoms with Crippen LogP contribution in [0.4, 0.5) is 0 Å². The minimum Gasteiger partial charge on any atom is -0.381 e. The molecule has 0 bridgehead atoms. The van der Waals surface area contributed by atoms with E-state index < -0.39 is 0 Å². The largest absolute Gasteiger partial charge is 0.381 e. The van der Waals surface area contributed by atoms with Crippen molar-refractivity contribution < 1.29 is 9.53 Å². The van der Waals surface area contributed by atoms with Crippen molar-refractivity contribution in [2.45, 2.75) is 32.6 Å². The number of ether oxygens (including phenoxy) is 1. The maximum absolute atomic E-state index is 12.6. The van der Waals surface area contributed by atoms with Gasteiger partial charge in [-0.25, -0.2) is 4.98 Å². The minimum absolute atomic E-state index is 0.168. The van der Waals surface area contributed by atoms with Gasteiger partial charge < -0.3 is 9.64 Å². The van der Waals surface area contributed by atoms with Crippen molar-refractivity contribution >= 4 is 17.2 Å². The van der Waals surface area contributed by atoms with Gasteiger partial charge >= 0.3 is 0 Å². The predicted octanol–water partition coefficient (Wildman–Crippen LogP) is 2.35. The molecule has 19 heavy (non-hydrogen) atoms. The van der Waals surface area contributed by atoms with Crippen LogP contribution in [0.3, 0.4) is 0 Å². The number of likely N-dealkylation sites (tertiary alicyclic amines) is 1. The molecule has 2 aliphatic heterocycles. The summed E-state index contributed by atoms with van der Waals surface area (Å²) >= 11 is 1.47. The average Bonchev–Trinajstić information content (AvgIpc) is 3.06. The number of carbonyl (C=O) groups is 1. The third-order valence-electron chi connectivity index (χ3n) is 4.30. The van der Waals surface area contributed by atoms with E-state index in [-0.39, 0.29) is 11.3 Å². The smallest absolute Gasteiger partial charge is 0.265 e. The van der Waals surface area contributed by atoms with Gasteiger partial charge in [0.15, 0.2) is 0 Å². The summed E-state index contributed by atoms with van der Waals surface area (Å²) in [6.07, 6.45) is 4.23. The summed E-state index contributed by atoms with van der Waals surface area (Å²) in [5, 5.41) is 0. The highest BCUT2D eigenvalue weighted by molar-refractivity contribution is 7.11. The standard InChI is InChI=1S/C14H20N2O2S/c1-2-11-12(19-10-15-11)13(17)16-6-5-14(8-16)4-3-7-18-9-14/h10H,2-9H2,1H3. The molecular formula is C14H20N2O2S. The lowest BCUT2D eigenvalue weighted by Crippen LogP contribution is -2.37. The van der Waals surface area contributed by atoms with E-state index in [4.69, 9.17) is 4.74 Å². The van der Waals surface area contributed by atoms with Crippen molar-refractivity contribution in [3.8, 4) is 0 Å². The van der Waals surface area contributed by atoms with Crippen LogP contribution in [0, 0.1) is 5.41 Å². The molecule has 104 valence electrons. The van der Waals surface area contributed by atoms with Crippen molar-refractivity contribution in [2.24, 2.45) is 5.41 Å². The third kappa shape index (κ3) is 2.41. The lowest BCUT2D eigenvalue weighted by Gasteiger charge is -2.32. The van der Waals surface area contributed by atoms with Gasteiger partial charge in [0.1, 0.15) is 4.88 Å². The van der Waals surface area contributed by atoms with E-state index in [1.54, 1.807) is 5.51 Å². The Balaban J connectivity index is 1.72. The molecule has 3 rings (SSSR count). The van der Waals surface area contributed by atoms with Gasteiger partial charge in [-0.05, 0) is 25.7 Å². The Labute approximate surface area is 117 Å². The highest BCUT2D eigenvalue weighted by atomic mass is 32.1. The van der Waals surface area contributed by atoms with Crippen molar-refractivity contribution in [3.05, 3.63) is 16.1 Å². The summed E-state index contributed by atoms with van der Waals surface area (Å²) in [6.45, 7) is 5.47. The van der Waals surface area contributed by atoms with Crippen molar-refractivity contribution in [3.63, 3.8) is 0 Å². The SMILES string of the molecule is CCc1ncsc1C(=O)N1CCC2(CCCOC2)C1. The van der Waals surface area contributed by atoms with E-state index in [9.17, 15) is 4.79 Å². The van der Waals surface area contributed by atoms with Crippen LogP contribution in [0.15, 0.2) is 5.51 Å². The Morgan fingerprint density at radius 1 is 1.58 bits per heavy atom. The maximum atomic E-state index is 12.6. The zero-order chi connectivity index (χ0) is 13.3. The molecule has 1 atom stereocenters. The second kappa shape index (κ2) is 5.21. The zero-order valence-electron chi connectivity index (χ0n) is 11.4. The molecule has 2 aliphatic rings. The molecule has 4 nitrogen and oxygen atoms in total. The summed E-state index contributed by atoms with van der Waals surface area (Å²) in [4.78, 5) is 19.7. The molecule has 0 saturated carbocycles. The van der Waals surface area contributed by atoms with Crippen LogP contribution in [-0.4, -0.2) is 42.1 Å². The number of hydrogen-bond acceptors (Lipinski definition) is 4. The number of aromatic nitrogens is 1. The van der Waals surface area contributed by atoms with Crippen LogP contribution in [-0.2, 0) is 11.2 Å². The Morgan fingerprint density at radius 3 is 3.21 bits per heavy atom. The molecule has 1 amide bonds. The van der Waals surface area contributed by atoms with Crippen molar-refractivity contribution in [1.29, 1.82) is 0 Å². The van der Waals surface area contributed by atoms with Gasteiger partial charge in [-0.2, -0.15) is 0 Å². The van der Waals surface area contributed by atoms with Gasteiger partial charge in [0.05, 0.1) is 17.8 Å². The quantitative estimate of drug-likeness (QED) is 0.835. The third-order valence-corrected chi connectivity index (χ3v) is 5.16. The summed E-state index contributed by atoms with van der Waals surface area (Å²) in [5.74, 6) is 0.168. The normalized spacial score (nSPS) is 27.1. The number of rotatable bonds is 2. The summed E-state index contributed by atoms with van der Waals surface area (Å²) in [5.41, 5.74) is 2.95. The second-order valence-corrected chi connectivity index (χ2v) is 6.47. The summed E-state index contributed by atoms with van der Waals surface area (Å²) < 4.78 is 5.62. The molecule has 0 aromatic carbocycles. The molecule has 0 N–H and O–H groups in total. The highest BCUT2D eigenvalue weighted by Gasteiger charge is 2.41. The first-order valence-corrected chi connectivity index (χ1v) is 7.91. The van der Waals surface area contributed by atoms with E-state index in [0.29, 0.717) is 0 Å². The van der Waals surface area contributed by atoms with Gasteiger partial charge in [-0.3, -0.25) is 4.79 Å². The molecule has 1 aromatic rings. The Morgan fingerprint density at radius 2 is 2.47 bits per heavy atom. The molecule has 0 radical (unpaired) electrons. The molecule has 2 saturated heterocycles. The van der Waals surface area contributed by atoms with E-state index in [0.717, 1.165) is 56.1 Å². The molecule has 1 aromatic heterocycles. The molecule has 1 spiro atoms. The fraction of sp³-hybridized carbons (Fsp3) is 0.714. The van der Waals surface area contributed by atoms with Gasteiger partial charge in [0.25, 0.3) is 5.91 Å². The lowest BCUT2D eigenvalue weighted by molar-refractivity contribution is -0.00158. The maximum Gasteiger partial charge on any atom is 0.265 e. The number of hydrogen-bond donors (Lipinski definition) is 0. The number of aryl methyl sites for hydroxylation is 1. The molecule has 2 fully saturated rings. The first-order chi connectivity index (χ1) is 9.24. The van der Waals surface area contributed by atoms with Crippen LogP contribution in [0.5, 0.6) is 0 Å². The molecular weight excluding hydrogens is 260 g/mol. The first-order valence-electron chi connectivity index (χ1n) is 7.03. The van der Waals surface area contributed by atoms with Gasteiger partial charge in [-0.1, -0.05) is 6.92 Å². The van der Waals surface area contributed by atoms with Gasteiger partial charge in [0.2, 0.25) is 0 Å². The monoisotopic (exact) mass is 280 g/mol. The average molecular weight is 280 g/mol. The number of amides is 1. The topological polar surface area (TPSA) is 42.4 Å². The van der Waals surface area contributed by atoms with Gasteiger partial charge in [0, 0.05) is 25.1 Å². The van der Waals surface area contributed by atoms with Crippen LogP contribution < -0.4 is 0 Å². The molecule has 3 heterocycles. The van der Waals surface area contributed by atoms with E-state index >= 15 is 0 Å². The van der Waals surface area contributed by atoms with E-state index in [1.807, 2.05) is 11.8 Å². The number of thiazole rings is 1. The fourth-order valence-corrected chi connectivity index (χ4v) is 4.03. The Kier molecular flexibility index (Phi) is 3.58. The Hall–Kier alpha value is -0.940. The zero-order valence-corrected chi connectivity index (χ0v) is 12.2. The summed E-state index contributed by atoms with van der Waals surface area (Å²) in [6, 6.07) is 0. The van der Waals surface area contributed by atoms with Crippen LogP contribution in [0.2, 0.25) is 0 Å². The van der Waals surface area contributed by atoms with Crippen LogP contribution in [0.1, 0.15) is 41.6 Å². The minimum atomic E-state index is 0.168. The van der Waals surface area contributed by atoms with Gasteiger partial charge in [-0.15, -0.1) is 11.3 Å². The van der Waals surface area contributed by atoms with Crippen LogP contribution in [0.25, 0.3) is 0 Å². The second-order valence-electron chi connectivity index (χ2n) is 5.61. The number of nitrogens with zero attached hydrogens (tertiary/aromatic N) is 2. The molecule has 5 heteroatoms. The fourth-order valence-electron chi connectivity index (χ4n) is 3.18. The van der Waals surface area contributed by atoms with E-state index in [1.165, 1.54) is 17.8 Å². The molecule has 1 unspecified atom stereocenters. The van der Waals surface area contributed by atoms with Crippen molar-refractivity contribution in [1.82, 2.24) is 9.88 Å². The predicted molar refractivity (Wildman–Crippen MR) is 74.5 cm³/mol. The van der Waals surface area contributed by atoms with Crippen molar-refractivity contribution in [2.75, 3.05) is 26.3 Å².